The summed E-state index contributed by atoms with van der Waals surface area (Å²) in [5, 5.41) is 9.75. The normalized spacial score (nSPS) is 17.7. The molecule has 1 aliphatic rings. The van der Waals surface area contributed by atoms with Crippen molar-refractivity contribution in [1.29, 1.82) is 0 Å². The summed E-state index contributed by atoms with van der Waals surface area (Å²) in [4.78, 5) is 16.3. The molecule has 0 saturated carbocycles. The van der Waals surface area contributed by atoms with Crippen LogP contribution >= 0.6 is 0 Å². The van der Waals surface area contributed by atoms with Crippen LogP contribution in [0.3, 0.4) is 0 Å². The van der Waals surface area contributed by atoms with Crippen LogP contribution < -0.4 is 9.47 Å². The van der Waals surface area contributed by atoms with Gasteiger partial charge >= 0.3 is 5.97 Å². The van der Waals surface area contributed by atoms with E-state index >= 15 is 0 Å². The largest absolute Gasteiger partial charge is 0.493 e. The smallest absolute Gasteiger partial charge is 0.325 e. The first kappa shape index (κ1) is 18.5. The standard InChI is InChI=1S/C18H28N2O4/c1-13(2)12-19-7-9-20(10-8-19)17(18(21)22)14-5-6-15(23-3)16(11-14)24-4/h5-6,11,13,17H,7-10,12H2,1-4H3,(H,21,22). The maximum absolute atomic E-state index is 11.9. The molecule has 0 radical (unpaired) electrons. The maximum atomic E-state index is 11.9. The number of hydrogen-bond donors (Lipinski definition) is 1. The fourth-order valence-electron chi connectivity index (χ4n) is 3.25. The van der Waals surface area contributed by atoms with Crippen LogP contribution in [0.25, 0.3) is 0 Å². The van der Waals surface area contributed by atoms with Gasteiger partial charge in [-0.1, -0.05) is 19.9 Å². The average Bonchev–Trinajstić information content (AvgIpc) is 2.55. The Bertz CT molecular complexity index is 554. The van der Waals surface area contributed by atoms with Gasteiger partial charge in [0.25, 0.3) is 0 Å². The van der Waals surface area contributed by atoms with Crippen molar-refractivity contribution in [2.24, 2.45) is 5.92 Å². The van der Waals surface area contributed by atoms with Gasteiger partial charge in [0.05, 0.1) is 14.2 Å². The highest BCUT2D eigenvalue weighted by Gasteiger charge is 2.31. The van der Waals surface area contributed by atoms with E-state index in [1.807, 2.05) is 4.90 Å². The fourth-order valence-corrected chi connectivity index (χ4v) is 3.25. The van der Waals surface area contributed by atoms with Gasteiger partial charge in [-0.2, -0.15) is 0 Å². The summed E-state index contributed by atoms with van der Waals surface area (Å²) in [5.74, 6) is 0.948. The van der Waals surface area contributed by atoms with Crippen molar-refractivity contribution < 1.29 is 19.4 Å². The zero-order chi connectivity index (χ0) is 17.7. The number of carboxylic acids is 1. The second-order valence-corrected chi connectivity index (χ2v) is 6.59. The van der Waals surface area contributed by atoms with E-state index in [-0.39, 0.29) is 0 Å². The first-order valence-corrected chi connectivity index (χ1v) is 8.37. The summed E-state index contributed by atoms with van der Waals surface area (Å²) in [6, 6.07) is 4.67. The zero-order valence-electron chi connectivity index (χ0n) is 15.0. The molecule has 1 unspecified atom stereocenters. The molecule has 1 aliphatic heterocycles. The number of aliphatic carboxylic acids is 1. The number of hydrogen-bond acceptors (Lipinski definition) is 5. The number of nitrogens with zero attached hydrogens (tertiary/aromatic N) is 2. The van der Waals surface area contributed by atoms with Crippen molar-refractivity contribution in [3.8, 4) is 11.5 Å². The van der Waals surface area contributed by atoms with Crippen LogP contribution in [0.15, 0.2) is 18.2 Å². The molecule has 1 aromatic rings. The predicted octanol–water partition coefficient (Wildman–Crippen LogP) is 2.10. The Labute approximate surface area is 144 Å². The number of piperazine rings is 1. The highest BCUT2D eigenvalue weighted by molar-refractivity contribution is 5.76. The van der Waals surface area contributed by atoms with E-state index in [0.29, 0.717) is 17.4 Å². The molecule has 1 N–H and O–H groups in total. The second-order valence-electron chi connectivity index (χ2n) is 6.59. The van der Waals surface area contributed by atoms with E-state index in [9.17, 15) is 9.90 Å². The average molecular weight is 336 g/mol. The van der Waals surface area contributed by atoms with Gasteiger partial charge in [0, 0.05) is 32.7 Å². The molecular weight excluding hydrogens is 308 g/mol. The Morgan fingerprint density at radius 1 is 1.12 bits per heavy atom. The Balaban J connectivity index is 2.15. The molecule has 0 aromatic heterocycles. The summed E-state index contributed by atoms with van der Waals surface area (Å²) < 4.78 is 10.5. The van der Waals surface area contributed by atoms with Crippen molar-refractivity contribution in [2.75, 3.05) is 46.9 Å². The number of benzene rings is 1. The molecule has 24 heavy (non-hydrogen) atoms. The maximum Gasteiger partial charge on any atom is 0.325 e. The van der Waals surface area contributed by atoms with Gasteiger partial charge in [-0.05, 0) is 23.6 Å². The molecule has 2 rings (SSSR count). The van der Waals surface area contributed by atoms with Gasteiger partial charge in [-0.25, -0.2) is 0 Å². The third-order valence-corrected chi connectivity index (χ3v) is 4.35. The lowest BCUT2D eigenvalue weighted by Crippen LogP contribution is -2.49. The molecule has 0 bridgehead atoms. The highest BCUT2D eigenvalue weighted by atomic mass is 16.5. The predicted molar refractivity (Wildman–Crippen MR) is 92.8 cm³/mol. The molecule has 0 spiro atoms. The molecule has 1 heterocycles. The lowest BCUT2D eigenvalue weighted by molar-refractivity contribution is -0.144. The summed E-state index contributed by atoms with van der Waals surface area (Å²) in [5.41, 5.74) is 0.720. The minimum Gasteiger partial charge on any atom is -0.493 e. The minimum atomic E-state index is -0.834. The van der Waals surface area contributed by atoms with Gasteiger partial charge in [-0.15, -0.1) is 0 Å². The third kappa shape index (κ3) is 4.39. The molecule has 1 aromatic carbocycles. The van der Waals surface area contributed by atoms with Crippen molar-refractivity contribution in [1.82, 2.24) is 9.80 Å². The van der Waals surface area contributed by atoms with E-state index in [1.54, 1.807) is 32.4 Å². The Morgan fingerprint density at radius 2 is 1.75 bits per heavy atom. The van der Waals surface area contributed by atoms with Crippen LogP contribution in [0.4, 0.5) is 0 Å². The van der Waals surface area contributed by atoms with Crippen LogP contribution in [-0.2, 0) is 4.79 Å². The van der Waals surface area contributed by atoms with Crippen molar-refractivity contribution in [2.45, 2.75) is 19.9 Å². The summed E-state index contributed by atoms with van der Waals surface area (Å²) >= 11 is 0. The molecule has 6 nitrogen and oxygen atoms in total. The van der Waals surface area contributed by atoms with Gasteiger partial charge in [0.15, 0.2) is 11.5 Å². The number of methoxy groups -OCH3 is 2. The summed E-state index contributed by atoms with van der Waals surface area (Å²) in [6.07, 6.45) is 0. The molecule has 0 aliphatic carbocycles. The SMILES string of the molecule is COc1ccc(C(C(=O)O)N2CCN(CC(C)C)CC2)cc1OC. The van der Waals surface area contributed by atoms with Gasteiger partial charge in [0.2, 0.25) is 0 Å². The number of carboxylic acid groups (broad SMARTS) is 1. The van der Waals surface area contributed by atoms with Crippen LogP contribution in [0.1, 0.15) is 25.5 Å². The zero-order valence-corrected chi connectivity index (χ0v) is 15.0. The quantitative estimate of drug-likeness (QED) is 0.823. The molecule has 0 amide bonds. The monoisotopic (exact) mass is 336 g/mol. The van der Waals surface area contributed by atoms with Gasteiger partial charge in [0.1, 0.15) is 6.04 Å². The lowest BCUT2D eigenvalue weighted by Gasteiger charge is -2.38. The van der Waals surface area contributed by atoms with E-state index in [4.69, 9.17) is 9.47 Å². The van der Waals surface area contributed by atoms with E-state index < -0.39 is 12.0 Å². The Kier molecular flexibility index (Phi) is 6.45. The first-order chi connectivity index (χ1) is 11.5. The Hall–Kier alpha value is -1.79. The summed E-state index contributed by atoms with van der Waals surface area (Å²) in [7, 11) is 3.13. The Morgan fingerprint density at radius 3 is 2.25 bits per heavy atom. The second kappa shape index (κ2) is 8.35. The molecular formula is C18H28N2O4. The number of rotatable bonds is 7. The molecule has 1 atom stereocenters. The van der Waals surface area contributed by atoms with Crippen LogP contribution in [0.5, 0.6) is 11.5 Å². The lowest BCUT2D eigenvalue weighted by atomic mass is 10.0. The van der Waals surface area contributed by atoms with E-state index in [1.165, 1.54) is 0 Å². The van der Waals surface area contributed by atoms with Gasteiger partial charge in [-0.3, -0.25) is 9.69 Å². The van der Waals surface area contributed by atoms with Crippen molar-refractivity contribution in [3.05, 3.63) is 23.8 Å². The minimum absolute atomic E-state index is 0.555. The number of carbonyl (C=O) groups is 1. The molecule has 1 fully saturated rings. The highest BCUT2D eigenvalue weighted by Crippen LogP contribution is 2.32. The number of ether oxygens (including phenoxy) is 2. The molecule has 134 valence electrons. The van der Waals surface area contributed by atoms with E-state index in [2.05, 4.69) is 18.7 Å². The topological polar surface area (TPSA) is 62.2 Å². The van der Waals surface area contributed by atoms with Crippen molar-refractivity contribution in [3.63, 3.8) is 0 Å². The van der Waals surface area contributed by atoms with Crippen LogP contribution in [-0.4, -0.2) is 67.8 Å². The fraction of sp³-hybridized carbons (Fsp3) is 0.611. The third-order valence-electron chi connectivity index (χ3n) is 4.35. The van der Waals surface area contributed by atoms with Crippen molar-refractivity contribution >= 4 is 5.97 Å². The van der Waals surface area contributed by atoms with Gasteiger partial charge < -0.3 is 19.5 Å². The molecule has 1 saturated heterocycles. The first-order valence-electron chi connectivity index (χ1n) is 8.37. The van der Waals surface area contributed by atoms with Crippen LogP contribution in [0.2, 0.25) is 0 Å². The summed E-state index contributed by atoms with van der Waals surface area (Å²) in [6.45, 7) is 8.76. The molecule has 6 heteroatoms. The van der Waals surface area contributed by atoms with Crippen LogP contribution in [0, 0.1) is 5.92 Å². The van der Waals surface area contributed by atoms with E-state index in [0.717, 1.165) is 38.3 Å².